The second-order valence-corrected chi connectivity index (χ2v) is 12.8. The van der Waals surface area contributed by atoms with Gasteiger partial charge in [-0.25, -0.2) is 4.79 Å². The zero-order chi connectivity index (χ0) is 33.2. The molecule has 7 nitrogen and oxygen atoms in total. The fourth-order valence-electron chi connectivity index (χ4n) is 5.96. The average Bonchev–Trinajstić information content (AvgIpc) is 3.08. The van der Waals surface area contributed by atoms with Crippen LogP contribution >= 0.6 is 11.8 Å². The predicted octanol–water partition coefficient (Wildman–Crippen LogP) is 7.64. The van der Waals surface area contributed by atoms with Crippen LogP contribution in [-0.2, 0) is 20.7 Å². The normalized spacial score (nSPS) is 16.3. The van der Waals surface area contributed by atoms with Gasteiger partial charge in [-0.2, -0.15) is 11.8 Å². The molecule has 2 atom stereocenters. The number of hydrogen-bond acceptors (Lipinski definition) is 5. The first-order valence-electron chi connectivity index (χ1n) is 16.8. The van der Waals surface area contributed by atoms with E-state index in [4.69, 9.17) is 4.74 Å². The number of rotatable bonds is 11. The molecule has 0 aromatic heterocycles. The van der Waals surface area contributed by atoms with E-state index in [1.807, 2.05) is 68.3 Å². The van der Waals surface area contributed by atoms with Crippen molar-refractivity contribution in [1.82, 2.24) is 10.2 Å². The molecule has 0 bridgehead atoms. The van der Waals surface area contributed by atoms with Crippen LogP contribution in [0.2, 0.25) is 0 Å². The lowest BCUT2D eigenvalue weighted by molar-refractivity contribution is -0.140. The third-order valence-corrected chi connectivity index (χ3v) is 9.19. The highest BCUT2D eigenvalue weighted by atomic mass is 32.2. The van der Waals surface area contributed by atoms with Crippen molar-refractivity contribution in [3.8, 4) is 11.1 Å². The molecule has 8 heteroatoms. The molecule has 2 N–H and O–H groups in total. The first kappa shape index (κ1) is 38.3. The van der Waals surface area contributed by atoms with Gasteiger partial charge in [0.05, 0.1) is 13.2 Å². The number of morpholine rings is 1. The Bertz CT molecular complexity index is 1190. The van der Waals surface area contributed by atoms with Crippen molar-refractivity contribution in [2.24, 2.45) is 11.8 Å². The molecule has 0 radical (unpaired) electrons. The number of carbonyl (C=O) groups is 3. The van der Waals surface area contributed by atoms with Crippen LogP contribution in [0.1, 0.15) is 94.1 Å². The average molecular weight is 641 g/mol. The number of carboxylic acids is 1. The molecule has 1 aliphatic carbocycles. The molecule has 250 valence electrons. The maximum absolute atomic E-state index is 12.8. The number of aliphatic carboxylic acids is 1. The van der Waals surface area contributed by atoms with Crippen molar-refractivity contribution in [1.29, 1.82) is 0 Å². The van der Waals surface area contributed by atoms with E-state index in [0.29, 0.717) is 36.9 Å². The molecule has 2 unspecified atom stereocenters. The minimum Gasteiger partial charge on any atom is -0.480 e. The van der Waals surface area contributed by atoms with Gasteiger partial charge in [-0.3, -0.25) is 9.59 Å². The largest absolute Gasteiger partial charge is 0.480 e. The van der Waals surface area contributed by atoms with Crippen LogP contribution in [0.15, 0.2) is 42.5 Å². The van der Waals surface area contributed by atoms with E-state index in [-0.39, 0.29) is 11.8 Å². The van der Waals surface area contributed by atoms with Gasteiger partial charge in [-0.15, -0.1) is 0 Å². The first-order chi connectivity index (χ1) is 21.7. The summed E-state index contributed by atoms with van der Waals surface area (Å²) in [4.78, 5) is 38.5. The van der Waals surface area contributed by atoms with Crippen molar-refractivity contribution in [3.05, 3.63) is 59.2 Å². The van der Waals surface area contributed by atoms with Crippen LogP contribution in [0.5, 0.6) is 0 Å². The number of carboxylic acid groups (broad SMARTS) is 1. The Labute approximate surface area is 275 Å². The zero-order valence-corrected chi connectivity index (χ0v) is 29.2. The summed E-state index contributed by atoms with van der Waals surface area (Å²) in [7, 11) is 0. The van der Waals surface area contributed by atoms with Crippen LogP contribution in [0.3, 0.4) is 0 Å². The van der Waals surface area contributed by atoms with Crippen molar-refractivity contribution >= 4 is 29.5 Å². The first-order valence-corrected chi connectivity index (χ1v) is 18.2. The summed E-state index contributed by atoms with van der Waals surface area (Å²) >= 11 is 1.56. The minimum absolute atomic E-state index is 0.205. The summed E-state index contributed by atoms with van der Waals surface area (Å²) in [6.45, 7) is 13.2. The number of nitrogens with zero attached hydrogens (tertiary/aromatic N) is 1. The monoisotopic (exact) mass is 640 g/mol. The van der Waals surface area contributed by atoms with Crippen LogP contribution in [0.25, 0.3) is 11.1 Å². The van der Waals surface area contributed by atoms with E-state index in [9.17, 15) is 19.5 Å². The van der Waals surface area contributed by atoms with Gasteiger partial charge in [0.1, 0.15) is 6.04 Å². The van der Waals surface area contributed by atoms with E-state index in [0.717, 1.165) is 54.1 Å². The molecule has 2 amide bonds. The van der Waals surface area contributed by atoms with E-state index in [1.165, 1.54) is 32.1 Å². The van der Waals surface area contributed by atoms with Crippen molar-refractivity contribution in [2.75, 3.05) is 38.3 Å². The molecule has 4 rings (SSSR count). The van der Waals surface area contributed by atoms with Crippen molar-refractivity contribution in [2.45, 2.75) is 92.0 Å². The molecule has 1 aliphatic heterocycles. The number of amides is 2. The molecular weight excluding hydrogens is 584 g/mol. The predicted molar refractivity (Wildman–Crippen MR) is 187 cm³/mol. The zero-order valence-electron chi connectivity index (χ0n) is 28.4. The third kappa shape index (κ3) is 12.5. The molecule has 2 aromatic rings. The Morgan fingerprint density at radius 3 is 2.29 bits per heavy atom. The number of aryl methyl sites for hydroxylation is 2. The van der Waals surface area contributed by atoms with Crippen LogP contribution in [0.4, 0.5) is 0 Å². The summed E-state index contributed by atoms with van der Waals surface area (Å²) in [6, 6.07) is 12.8. The second kappa shape index (κ2) is 21.0. The molecule has 1 saturated carbocycles. The van der Waals surface area contributed by atoms with Crippen molar-refractivity contribution in [3.63, 3.8) is 0 Å². The van der Waals surface area contributed by atoms with Gasteiger partial charge < -0.3 is 20.1 Å². The highest BCUT2D eigenvalue weighted by Gasteiger charge is 2.26. The van der Waals surface area contributed by atoms with Crippen LogP contribution < -0.4 is 5.32 Å². The number of hydrogen-bond donors (Lipinski definition) is 2. The number of nitrogens with one attached hydrogen (secondary N) is 1. The maximum atomic E-state index is 12.8. The van der Waals surface area contributed by atoms with Gasteiger partial charge in [0.15, 0.2) is 0 Å². The van der Waals surface area contributed by atoms with Gasteiger partial charge in [0.25, 0.3) is 5.91 Å². The lowest BCUT2D eigenvalue weighted by atomic mass is 9.83. The van der Waals surface area contributed by atoms with Gasteiger partial charge in [-0.05, 0) is 72.4 Å². The lowest BCUT2D eigenvalue weighted by Gasteiger charge is -2.31. The molecule has 1 saturated heterocycles. The van der Waals surface area contributed by atoms with Gasteiger partial charge >= 0.3 is 5.97 Å². The highest BCUT2D eigenvalue weighted by molar-refractivity contribution is 7.98. The molecular formula is C37H56N2O5S. The second-order valence-electron chi connectivity index (χ2n) is 11.8. The van der Waals surface area contributed by atoms with E-state index < -0.39 is 12.0 Å². The molecule has 45 heavy (non-hydrogen) atoms. The molecule has 2 aromatic carbocycles. The van der Waals surface area contributed by atoms with Gasteiger partial charge in [-0.1, -0.05) is 96.2 Å². The Morgan fingerprint density at radius 1 is 1.02 bits per heavy atom. The van der Waals surface area contributed by atoms with Crippen LogP contribution in [-0.4, -0.2) is 72.1 Å². The fraction of sp³-hybridized carbons (Fsp3) is 0.595. The van der Waals surface area contributed by atoms with Crippen LogP contribution in [0, 0.1) is 18.8 Å². The topological polar surface area (TPSA) is 95.9 Å². The Morgan fingerprint density at radius 2 is 1.69 bits per heavy atom. The smallest absolute Gasteiger partial charge is 0.326 e. The Balaban J connectivity index is 0.000000320. The Kier molecular flexibility index (Phi) is 17.9. The number of thioether (sulfide) groups is 1. The fourth-order valence-corrected chi connectivity index (χ4v) is 6.43. The standard InChI is InChI=1S/C21H25NO3S.C14H25NO2.C2H6/c1-4-15-9-10-17(18(13-15)16-8-6-5-7-14(16)2)20(23)22-19(21(24)25)11-12-26-3;1-12(11-13-5-3-2-4-6-13)14(16)15-7-9-17-10-8-15;1-2/h5-10,13,19H,4,11-12H2,1-3H3,(H,22,23)(H,24,25);12-13H,2-11H2,1H3;1-2H3. The van der Waals surface area contributed by atoms with E-state index in [1.54, 1.807) is 17.8 Å². The number of carbonyl (C=O) groups excluding carboxylic acids is 2. The summed E-state index contributed by atoms with van der Waals surface area (Å²) in [6.07, 6.45) is 11.1. The molecule has 1 heterocycles. The number of benzene rings is 2. The highest BCUT2D eigenvalue weighted by Crippen LogP contribution is 2.30. The van der Waals surface area contributed by atoms with Gasteiger partial charge in [0, 0.05) is 24.6 Å². The lowest BCUT2D eigenvalue weighted by Crippen LogP contribution is -2.43. The van der Waals surface area contributed by atoms with Gasteiger partial charge in [0.2, 0.25) is 5.91 Å². The summed E-state index contributed by atoms with van der Waals surface area (Å²) in [5, 5.41) is 12.1. The number of ether oxygens (including phenoxy) is 1. The third-order valence-electron chi connectivity index (χ3n) is 8.54. The molecule has 0 spiro atoms. The molecule has 2 fully saturated rings. The summed E-state index contributed by atoms with van der Waals surface area (Å²) in [5.41, 5.74) is 4.55. The summed E-state index contributed by atoms with van der Waals surface area (Å²) in [5.74, 6) is 0.671. The maximum Gasteiger partial charge on any atom is 0.326 e. The minimum atomic E-state index is -1.00. The molecule has 2 aliphatic rings. The Hall–Kier alpha value is -2.84. The van der Waals surface area contributed by atoms with Crippen molar-refractivity contribution < 1.29 is 24.2 Å². The van der Waals surface area contributed by atoms with E-state index >= 15 is 0 Å². The summed E-state index contributed by atoms with van der Waals surface area (Å²) < 4.78 is 5.29. The SMILES string of the molecule is CC.CC(CC1CCCCC1)C(=O)N1CCOCC1.CCc1ccc(C(=O)NC(CCSC)C(=O)O)c(-c2ccccc2C)c1. The van der Waals surface area contributed by atoms with E-state index in [2.05, 4.69) is 19.2 Å². The quantitative estimate of drug-likeness (QED) is 0.262.